The van der Waals surface area contributed by atoms with E-state index in [2.05, 4.69) is 9.97 Å². The highest BCUT2D eigenvalue weighted by Gasteiger charge is 2.17. The van der Waals surface area contributed by atoms with Crippen LogP contribution in [0.15, 0.2) is 42.6 Å². The van der Waals surface area contributed by atoms with Gasteiger partial charge < -0.3 is 14.6 Å². The quantitative estimate of drug-likeness (QED) is 0.721. The normalized spacial score (nSPS) is 10.6. The van der Waals surface area contributed by atoms with Crippen LogP contribution in [0.3, 0.4) is 0 Å². The zero-order chi connectivity index (χ0) is 17.1. The molecular formula is C17H13ClN2O4. The predicted molar refractivity (Wildman–Crippen MR) is 88.7 cm³/mol. The van der Waals surface area contributed by atoms with Crippen LogP contribution < -0.4 is 4.74 Å². The number of ether oxygens (including phenoxy) is 2. The Morgan fingerprint density at radius 3 is 2.79 bits per heavy atom. The molecule has 0 saturated heterocycles. The van der Waals surface area contributed by atoms with Crippen molar-refractivity contribution in [3.8, 4) is 17.4 Å². The van der Waals surface area contributed by atoms with Gasteiger partial charge in [0.05, 0.1) is 23.3 Å². The lowest BCUT2D eigenvalue weighted by Crippen LogP contribution is -2.07. The van der Waals surface area contributed by atoms with Crippen molar-refractivity contribution in [1.29, 1.82) is 0 Å². The summed E-state index contributed by atoms with van der Waals surface area (Å²) in [7, 11) is 0. The van der Waals surface area contributed by atoms with Crippen molar-refractivity contribution in [2.24, 2.45) is 0 Å². The molecule has 0 bridgehead atoms. The fourth-order valence-electron chi connectivity index (χ4n) is 2.12. The number of halogens is 1. The van der Waals surface area contributed by atoms with Crippen LogP contribution in [-0.4, -0.2) is 27.7 Å². The molecule has 2 aromatic heterocycles. The number of carbonyl (C=O) groups excluding carboxylic acids is 1. The summed E-state index contributed by atoms with van der Waals surface area (Å²) in [6.07, 6.45) is 1.38. The molecule has 0 unspecified atom stereocenters. The number of carbonyl (C=O) groups is 1. The molecule has 1 aromatic carbocycles. The van der Waals surface area contributed by atoms with Gasteiger partial charge in [0.2, 0.25) is 5.88 Å². The fraction of sp³-hybridized carbons (Fsp3) is 0.118. The van der Waals surface area contributed by atoms with Crippen LogP contribution in [0.4, 0.5) is 0 Å². The standard InChI is InChI=1S/C17H13ClN2O4/c1-2-23-17(22)15-16(21)10-7-8-14(20-12(10)9-19-15)24-13-6-4-3-5-11(13)18/h3-9,21H,2H2,1H3. The number of aromatic hydroxyl groups is 1. The van der Waals surface area contributed by atoms with Crippen molar-refractivity contribution in [3.63, 3.8) is 0 Å². The summed E-state index contributed by atoms with van der Waals surface area (Å²) in [4.78, 5) is 19.9. The van der Waals surface area contributed by atoms with Crippen LogP contribution >= 0.6 is 11.6 Å². The third kappa shape index (κ3) is 3.09. The maximum Gasteiger partial charge on any atom is 0.360 e. The van der Waals surface area contributed by atoms with Gasteiger partial charge in [-0.25, -0.2) is 14.8 Å². The molecule has 24 heavy (non-hydrogen) atoms. The summed E-state index contributed by atoms with van der Waals surface area (Å²) in [6, 6.07) is 10.2. The zero-order valence-corrected chi connectivity index (χ0v) is 13.4. The minimum Gasteiger partial charge on any atom is -0.505 e. The first-order chi connectivity index (χ1) is 11.6. The number of benzene rings is 1. The minimum absolute atomic E-state index is 0.147. The Morgan fingerprint density at radius 1 is 1.25 bits per heavy atom. The Balaban J connectivity index is 1.96. The third-order valence-corrected chi connectivity index (χ3v) is 3.53. The lowest BCUT2D eigenvalue weighted by molar-refractivity contribution is 0.0516. The smallest absolute Gasteiger partial charge is 0.360 e. The lowest BCUT2D eigenvalue weighted by atomic mass is 10.2. The zero-order valence-electron chi connectivity index (χ0n) is 12.7. The number of fused-ring (bicyclic) bond motifs is 1. The Bertz CT molecular complexity index is 914. The first-order valence-electron chi connectivity index (χ1n) is 7.18. The molecule has 0 spiro atoms. The molecule has 0 radical (unpaired) electrons. The largest absolute Gasteiger partial charge is 0.505 e. The molecule has 0 amide bonds. The molecule has 6 nitrogen and oxygen atoms in total. The first kappa shape index (κ1) is 16.0. The number of rotatable bonds is 4. The van der Waals surface area contributed by atoms with E-state index in [9.17, 15) is 9.90 Å². The Hall–Kier alpha value is -2.86. The molecule has 3 rings (SSSR count). The van der Waals surface area contributed by atoms with Crippen LogP contribution in [0.1, 0.15) is 17.4 Å². The number of esters is 1. The molecule has 0 aliphatic carbocycles. The van der Waals surface area contributed by atoms with E-state index < -0.39 is 5.97 Å². The van der Waals surface area contributed by atoms with Crippen LogP contribution in [0, 0.1) is 0 Å². The first-order valence-corrected chi connectivity index (χ1v) is 7.56. The van der Waals surface area contributed by atoms with Crippen molar-refractivity contribution >= 4 is 28.5 Å². The molecule has 122 valence electrons. The van der Waals surface area contributed by atoms with Gasteiger partial charge in [-0.2, -0.15) is 0 Å². The topological polar surface area (TPSA) is 81.5 Å². The second kappa shape index (κ2) is 6.72. The molecule has 2 heterocycles. The number of para-hydroxylation sites is 1. The summed E-state index contributed by atoms with van der Waals surface area (Å²) in [5, 5.41) is 11.0. The summed E-state index contributed by atoms with van der Waals surface area (Å²) in [6.45, 7) is 1.87. The molecule has 3 aromatic rings. The second-order valence-electron chi connectivity index (χ2n) is 4.79. The van der Waals surface area contributed by atoms with E-state index in [-0.39, 0.29) is 18.1 Å². The number of hydrogen-bond acceptors (Lipinski definition) is 6. The van der Waals surface area contributed by atoms with Gasteiger partial charge in [-0.3, -0.25) is 0 Å². The van der Waals surface area contributed by atoms with E-state index >= 15 is 0 Å². The number of hydrogen-bond donors (Lipinski definition) is 1. The van der Waals surface area contributed by atoms with E-state index in [0.29, 0.717) is 27.6 Å². The Kier molecular flexibility index (Phi) is 4.48. The van der Waals surface area contributed by atoms with Crippen molar-refractivity contribution in [1.82, 2.24) is 9.97 Å². The highest BCUT2D eigenvalue weighted by atomic mass is 35.5. The van der Waals surface area contributed by atoms with Crippen molar-refractivity contribution in [2.75, 3.05) is 6.61 Å². The summed E-state index contributed by atoms with van der Waals surface area (Å²) in [5.41, 5.74) is 0.232. The summed E-state index contributed by atoms with van der Waals surface area (Å²) >= 11 is 6.05. The van der Waals surface area contributed by atoms with Crippen molar-refractivity contribution in [2.45, 2.75) is 6.92 Å². The average molecular weight is 345 g/mol. The second-order valence-corrected chi connectivity index (χ2v) is 5.20. The van der Waals surface area contributed by atoms with E-state index in [1.54, 1.807) is 43.3 Å². The summed E-state index contributed by atoms with van der Waals surface area (Å²) in [5.74, 6) is -0.205. The molecule has 0 aliphatic heterocycles. The molecule has 0 saturated carbocycles. The maximum absolute atomic E-state index is 11.8. The Morgan fingerprint density at radius 2 is 2.04 bits per heavy atom. The molecule has 0 fully saturated rings. The van der Waals surface area contributed by atoms with Gasteiger partial charge in [0, 0.05) is 11.5 Å². The van der Waals surface area contributed by atoms with Gasteiger partial charge in [-0.15, -0.1) is 0 Å². The summed E-state index contributed by atoms with van der Waals surface area (Å²) < 4.78 is 10.5. The highest BCUT2D eigenvalue weighted by molar-refractivity contribution is 6.32. The van der Waals surface area contributed by atoms with Crippen LogP contribution in [-0.2, 0) is 4.74 Å². The Labute approximate surface area is 142 Å². The van der Waals surface area contributed by atoms with E-state index in [1.165, 1.54) is 6.20 Å². The van der Waals surface area contributed by atoms with E-state index in [1.807, 2.05) is 0 Å². The van der Waals surface area contributed by atoms with Gasteiger partial charge in [-0.1, -0.05) is 23.7 Å². The average Bonchev–Trinajstić information content (AvgIpc) is 2.57. The van der Waals surface area contributed by atoms with Crippen LogP contribution in [0.2, 0.25) is 5.02 Å². The van der Waals surface area contributed by atoms with E-state index in [0.717, 1.165) is 0 Å². The SMILES string of the molecule is CCOC(=O)c1ncc2nc(Oc3ccccc3Cl)ccc2c1O. The van der Waals surface area contributed by atoms with Crippen molar-refractivity contribution < 1.29 is 19.4 Å². The minimum atomic E-state index is -0.687. The van der Waals surface area contributed by atoms with Crippen LogP contribution in [0.25, 0.3) is 10.9 Å². The molecule has 0 atom stereocenters. The van der Waals surface area contributed by atoms with E-state index in [4.69, 9.17) is 21.1 Å². The van der Waals surface area contributed by atoms with Crippen LogP contribution in [0.5, 0.6) is 17.4 Å². The third-order valence-electron chi connectivity index (χ3n) is 3.21. The highest BCUT2D eigenvalue weighted by Crippen LogP contribution is 2.31. The molecule has 7 heteroatoms. The molecule has 1 N–H and O–H groups in total. The van der Waals surface area contributed by atoms with Crippen molar-refractivity contribution in [3.05, 3.63) is 53.3 Å². The predicted octanol–water partition coefficient (Wildman–Crippen LogP) is 3.96. The maximum atomic E-state index is 11.8. The van der Waals surface area contributed by atoms with Gasteiger partial charge in [0.1, 0.15) is 5.75 Å². The number of nitrogens with zero attached hydrogens (tertiary/aromatic N) is 2. The van der Waals surface area contributed by atoms with Gasteiger partial charge in [0.25, 0.3) is 0 Å². The number of pyridine rings is 2. The molecule has 0 aliphatic rings. The van der Waals surface area contributed by atoms with Gasteiger partial charge >= 0.3 is 5.97 Å². The van der Waals surface area contributed by atoms with Gasteiger partial charge in [-0.05, 0) is 25.1 Å². The monoisotopic (exact) mass is 344 g/mol. The fourth-order valence-corrected chi connectivity index (χ4v) is 2.29. The molecular weight excluding hydrogens is 332 g/mol. The van der Waals surface area contributed by atoms with Gasteiger partial charge in [0.15, 0.2) is 11.4 Å². The number of aromatic nitrogens is 2. The lowest BCUT2D eigenvalue weighted by Gasteiger charge is -2.09.